The number of nitrogens with zero attached hydrogens (tertiary/aromatic N) is 1. The van der Waals surface area contributed by atoms with Crippen LogP contribution in [0.2, 0.25) is 0 Å². The molecule has 0 aromatic heterocycles. The van der Waals surface area contributed by atoms with Crippen molar-refractivity contribution in [3.05, 3.63) is 72.3 Å². The van der Waals surface area contributed by atoms with Crippen molar-refractivity contribution in [2.24, 2.45) is 4.99 Å². The maximum atomic E-state index is 10.9. The van der Waals surface area contributed by atoms with Crippen LogP contribution < -0.4 is 4.74 Å². The minimum Gasteiger partial charge on any atom is -0.493 e. The molecule has 0 spiro atoms. The van der Waals surface area contributed by atoms with Gasteiger partial charge in [0.2, 0.25) is 0 Å². The number of carbonyl (C=O) groups is 1. The first-order valence-electron chi connectivity index (χ1n) is 10.4. The van der Waals surface area contributed by atoms with Crippen molar-refractivity contribution in [2.75, 3.05) is 13.2 Å². The molecule has 0 radical (unpaired) electrons. The molecule has 31 heavy (non-hydrogen) atoms. The van der Waals surface area contributed by atoms with E-state index in [-0.39, 0.29) is 0 Å². The zero-order valence-corrected chi connectivity index (χ0v) is 17.9. The predicted octanol–water partition coefficient (Wildman–Crippen LogP) is 5.48. The van der Waals surface area contributed by atoms with E-state index in [4.69, 9.17) is 9.47 Å². The summed E-state index contributed by atoms with van der Waals surface area (Å²) in [5, 5.41) is 0. The fourth-order valence-corrected chi connectivity index (χ4v) is 2.42. The second-order valence-electron chi connectivity index (χ2n) is 6.60. The number of hydrogen-bond acceptors (Lipinski definition) is 4. The van der Waals surface area contributed by atoms with E-state index in [1.807, 2.05) is 54.7 Å². The summed E-state index contributed by atoms with van der Waals surface area (Å²) >= 11 is 0. The Balaban J connectivity index is 1.78. The molecule has 4 nitrogen and oxygen atoms in total. The molecule has 0 saturated carbocycles. The molecule has 0 aliphatic rings. The zero-order chi connectivity index (χ0) is 22.2. The highest BCUT2D eigenvalue weighted by Crippen LogP contribution is 2.13. The van der Waals surface area contributed by atoms with Gasteiger partial charge in [-0.25, -0.2) is 4.79 Å². The molecule has 0 aliphatic heterocycles. The summed E-state index contributed by atoms with van der Waals surface area (Å²) in [5.74, 6) is 12.1. The molecule has 2 aromatic carbocycles. The van der Waals surface area contributed by atoms with Crippen LogP contribution in [0.25, 0.3) is 0 Å². The van der Waals surface area contributed by atoms with E-state index in [0.717, 1.165) is 41.5 Å². The molecule has 0 heterocycles. The van der Waals surface area contributed by atoms with Crippen LogP contribution in [0.4, 0.5) is 5.69 Å². The highest BCUT2D eigenvalue weighted by atomic mass is 16.5. The third-order valence-corrected chi connectivity index (χ3v) is 4.09. The fourth-order valence-electron chi connectivity index (χ4n) is 2.42. The second kappa shape index (κ2) is 14.3. The number of benzene rings is 2. The molecular weight excluding hydrogens is 386 g/mol. The first kappa shape index (κ1) is 23.5. The number of unbranched alkanes of at least 4 members (excludes halogenated alkanes) is 2. The minimum atomic E-state index is -0.421. The smallest absolute Gasteiger partial charge is 0.330 e. The SMILES string of the molecule is C=CC(=O)OCCCOc1ccc(C#CC#Cc2ccc(N=CCCCC)cc2)cc1. The number of ether oxygens (including phenoxy) is 2. The summed E-state index contributed by atoms with van der Waals surface area (Å²) < 4.78 is 10.5. The third kappa shape index (κ3) is 10.0. The van der Waals surface area contributed by atoms with Gasteiger partial charge in [0.05, 0.1) is 18.9 Å². The van der Waals surface area contributed by atoms with E-state index >= 15 is 0 Å². The van der Waals surface area contributed by atoms with Gasteiger partial charge in [-0.05, 0) is 73.2 Å². The summed E-state index contributed by atoms with van der Waals surface area (Å²) in [7, 11) is 0. The average molecular weight is 414 g/mol. The van der Waals surface area contributed by atoms with Crippen molar-refractivity contribution in [1.29, 1.82) is 0 Å². The Morgan fingerprint density at radius 1 is 0.968 bits per heavy atom. The molecule has 2 rings (SSSR count). The predicted molar refractivity (Wildman–Crippen MR) is 126 cm³/mol. The first-order chi connectivity index (χ1) is 15.2. The normalized spacial score (nSPS) is 9.84. The Hall–Kier alpha value is -3.76. The molecule has 0 fully saturated rings. The molecule has 0 aliphatic carbocycles. The zero-order valence-electron chi connectivity index (χ0n) is 17.9. The number of esters is 1. The monoisotopic (exact) mass is 413 g/mol. The molecule has 0 unspecified atom stereocenters. The lowest BCUT2D eigenvalue weighted by atomic mass is 10.2. The topological polar surface area (TPSA) is 47.9 Å². The van der Waals surface area contributed by atoms with Gasteiger partial charge >= 0.3 is 5.97 Å². The van der Waals surface area contributed by atoms with Crippen molar-refractivity contribution >= 4 is 17.9 Å². The lowest BCUT2D eigenvalue weighted by molar-refractivity contribution is -0.137. The Kier molecular flexibility index (Phi) is 10.8. The van der Waals surface area contributed by atoms with E-state index in [0.29, 0.717) is 19.6 Å². The lowest BCUT2D eigenvalue weighted by Gasteiger charge is -2.06. The second-order valence-corrected chi connectivity index (χ2v) is 6.60. The van der Waals surface area contributed by atoms with E-state index in [1.54, 1.807) is 0 Å². The van der Waals surface area contributed by atoms with Gasteiger partial charge in [-0.15, -0.1) is 0 Å². The summed E-state index contributed by atoms with van der Waals surface area (Å²) in [6.45, 7) is 6.29. The molecule has 0 amide bonds. The van der Waals surface area contributed by atoms with Gasteiger partial charge in [0.15, 0.2) is 0 Å². The maximum Gasteiger partial charge on any atom is 0.330 e. The maximum absolute atomic E-state index is 10.9. The van der Waals surface area contributed by atoms with E-state index in [9.17, 15) is 4.79 Å². The fraction of sp³-hybridized carbons (Fsp3) is 0.259. The van der Waals surface area contributed by atoms with Crippen molar-refractivity contribution in [2.45, 2.75) is 32.6 Å². The van der Waals surface area contributed by atoms with Gasteiger partial charge in [-0.1, -0.05) is 31.8 Å². The van der Waals surface area contributed by atoms with Crippen LogP contribution in [-0.4, -0.2) is 25.4 Å². The van der Waals surface area contributed by atoms with Crippen LogP contribution in [0.3, 0.4) is 0 Å². The lowest BCUT2D eigenvalue weighted by Crippen LogP contribution is -2.06. The quantitative estimate of drug-likeness (QED) is 0.170. The van der Waals surface area contributed by atoms with Crippen LogP contribution in [0.5, 0.6) is 5.75 Å². The van der Waals surface area contributed by atoms with Crippen molar-refractivity contribution in [3.63, 3.8) is 0 Å². The molecule has 0 bridgehead atoms. The molecule has 0 N–H and O–H groups in total. The van der Waals surface area contributed by atoms with E-state index < -0.39 is 5.97 Å². The van der Waals surface area contributed by atoms with E-state index in [2.05, 4.69) is 42.2 Å². The van der Waals surface area contributed by atoms with Gasteiger partial charge in [-0.2, -0.15) is 0 Å². The Bertz CT molecular complexity index is 981. The van der Waals surface area contributed by atoms with Gasteiger partial charge < -0.3 is 9.47 Å². The Morgan fingerprint density at radius 2 is 1.61 bits per heavy atom. The molecule has 4 heteroatoms. The van der Waals surface area contributed by atoms with Crippen LogP contribution in [0, 0.1) is 23.7 Å². The minimum absolute atomic E-state index is 0.308. The molecule has 0 atom stereocenters. The summed E-state index contributed by atoms with van der Waals surface area (Å²) in [6.07, 6.45) is 7.07. The third-order valence-electron chi connectivity index (χ3n) is 4.09. The van der Waals surface area contributed by atoms with Crippen LogP contribution in [0.1, 0.15) is 43.7 Å². The van der Waals surface area contributed by atoms with E-state index in [1.165, 1.54) is 6.42 Å². The van der Waals surface area contributed by atoms with Gasteiger partial charge in [0.1, 0.15) is 5.75 Å². The summed E-state index contributed by atoms with van der Waals surface area (Å²) in [5.41, 5.74) is 2.70. The highest BCUT2D eigenvalue weighted by Gasteiger charge is 1.97. The number of carbonyl (C=O) groups excluding carboxylic acids is 1. The average Bonchev–Trinajstić information content (AvgIpc) is 2.81. The number of rotatable bonds is 10. The Labute approximate surface area is 185 Å². The number of aliphatic imine (C=N–C) groups is 1. The number of hydrogen-bond donors (Lipinski definition) is 0. The standard InChI is InChI=1S/C27H27NO3/c1-3-5-8-20-28-25-16-12-23(13-17-25)10-6-7-11-24-14-18-26(19-15-24)30-21-9-22-31-27(29)4-2/h4,12-20H,2-3,5,8-9,21-22H2,1H3. The van der Waals surface area contributed by atoms with Crippen molar-refractivity contribution in [3.8, 4) is 29.4 Å². The highest BCUT2D eigenvalue weighted by molar-refractivity contribution is 5.81. The Morgan fingerprint density at radius 3 is 2.23 bits per heavy atom. The van der Waals surface area contributed by atoms with Crippen LogP contribution >= 0.6 is 0 Å². The largest absolute Gasteiger partial charge is 0.493 e. The van der Waals surface area contributed by atoms with Gasteiger partial charge in [0.25, 0.3) is 0 Å². The van der Waals surface area contributed by atoms with Gasteiger partial charge in [0, 0.05) is 29.8 Å². The van der Waals surface area contributed by atoms with Crippen molar-refractivity contribution in [1.82, 2.24) is 0 Å². The first-order valence-corrected chi connectivity index (χ1v) is 10.4. The van der Waals surface area contributed by atoms with Crippen LogP contribution in [0.15, 0.2) is 66.2 Å². The van der Waals surface area contributed by atoms with Crippen LogP contribution in [-0.2, 0) is 9.53 Å². The molecule has 0 saturated heterocycles. The summed E-state index contributed by atoms with van der Waals surface area (Å²) in [4.78, 5) is 15.4. The van der Waals surface area contributed by atoms with Gasteiger partial charge in [-0.3, -0.25) is 4.99 Å². The summed E-state index contributed by atoms with van der Waals surface area (Å²) in [6, 6.07) is 15.3. The van der Waals surface area contributed by atoms with Crippen molar-refractivity contribution < 1.29 is 14.3 Å². The molecule has 158 valence electrons. The molecular formula is C27H27NO3. The molecule has 2 aromatic rings.